The molecule has 2 saturated heterocycles. The van der Waals surface area contributed by atoms with E-state index in [0.29, 0.717) is 37.9 Å². The van der Waals surface area contributed by atoms with Crippen molar-refractivity contribution in [2.45, 2.75) is 25.0 Å². The van der Waals surface area contributed by atoms with E-state index in [1.165, 1.54) is 0 Å². The van der Waals surface area contributed by atoms with E-state index in [2.05, 4.69) is 4.98 Å². The van der Waals surface area contributed by atoms with Gasteiger partial charge in [-0.25, -0.2) is 4.98 Å². The quantitative estimate of drug-likeness (QED) is 0.865. The number of likely N-dealkylation sites (tertiary alicyclic amines) is 1. The number of carbonyl (C=O) groups excluding carboxylic acids is 1. The molecule has 126 valence electrons. The molecule has 2 aliphatic rings. The van der Waals surface area contributed by atoms with Gasteiger partial charge in [0.2, 0.25) is 11.8 Å². The van der Waals surface area contributed by atoms with Crippen LogP contribution in [0.1, 0.15) is 18.5 Å². The lowest BCUT2D eigenvalue weighted by atomic mass is 10.0. The van der Waals surface area contributed by atoms with Crippen LogP contribution in [0.2, 0.25) is 0 Å². The van der Waals surface area contributed by atoms with Gasteiger partial charge in [-0.15, -0.1) is 0 Å². The van der Waals surface area contributed by atoms with Gasteiger partial charge in [0.15, 0.2) is 5.79 Å². The molecule has 6 heteroatoms. The van der Waals surface area contributed by atoms with Crippen LogP contribution in [0.4, 0.5) is 0 Å². The Morgan fingerprint density at radius 3 is 2.54 bits per heavy atom. The van der Waals surface area contributed by atoms with Crippen molar-refractivity contribution in [3.05, 3.63) is 42.3 Å². The van der Waals surface area contributed by atoms with Gasteiger partial charge < -0.3 is 18.8 Å². The third-order valence-corrected chi connectivity index (χ3v) is 4.60. The average Bonchev–Trinajstić information content (AvgIpc) is 3.26. The number of amides is 1. The number of carbonyl (C=O) groups is 1. The standard InChI is InChI=1S/C18H20N2O4/c21-16(20-8-6-18(7-9-20)23-10-11-24-18)12-15-13-22-17(19-15)14-4-2-1-3-5-14/h1-5,13H,6-12H2. The lowest BCUT2D eigenvalue weighted by Gasteiger charge is -2.37. The lowest BCUT2D eigenvalue weighted by molar-refractivity contribution is -0.187. The van der Waals surface area contributed by atoms with Crippen molar-refractivity contribution in [1.82, 2.24) is 9.88 Å². The molecule has 0 radical (unpaired) electrons. The summed E-state index contributed by atoms with van der Waals surface area (Å²) in [5, 5.41) is 0. The van der Waals surface area contributed by atoms with Gasteiger partial charge in [0, 0.05) is 31.5 Å². The largest absolute Gasteiger partial charge is 0.444 e. The number of piperidine rings is 1. The minimum Gasteiger partial charge on any atom is -0.444 e. The number of hydrogen-bond acceptors (Lipinski definition) is 5. The summed E-state index contributed by atoms with van der Waals surface area (Å²) in [5.41, 5.74) is 1.57. The van der Waals surface area contributed by atoms with Crippen LogP contribution in [0, 0.1) is 0 Å². The number of aromatic nitrogens is 1. The zero-order valence-corrected chi connectivity index (χ0v) is 13.4. The monoisotopic (exact) mass is 328 g/mol. The van der Waals surface area contributed by atoms with E-state index in [-0.39, 0.29) is 12.3 Å². The molecule has 0 aliphatic carbocycles. The van der Waals surface area contributed by atoms with Crippen LogP contribution in [0.15, 0.2) is 41.0 Å². The van der Waals surface area contributed by atoms with Gasteiger partial charge in [0.1, 0.15) is 6.26 Å². The van der Waals surface area contributed by atoms with Crippen molar-refractivity contribution in [1.29, 1.82) is 0 Å². The maximum atomic E-state index is 12.5. The van der Waals surface area contributed by atoms with E-state index in [4.69, 9.17) is 13.9 Å². The van der Waals surface area contributed by atoms with Gasteiger partial charge in [-0.3, -0.25) is 4.79 Å². The molecule has 1 amide bonds. The van der Waals surface area contributed by atoms with E-state index >= 15 is 0 Å². The Hall–Kier alpha value is -2.18. The number of rotatable bonds is 3. The van der Waals surface area contributed by atoms with Crippen molar-refractivity contribution in [3.63, 3.8) is 0 Å². The Balaban J connectivity index is 1.36. The highest BCUT2D eigenvalue weighted by Crippen LogP contribution is 2.31. The first kappa shape index (κ1) is 15.4. The highest BCUT2D eigenvalue weighted by molar-refractivity contribution is 5.78. The number of oxazole rings is 1. The molecule has 2 aromatic rings. The van der Waals surface area contributed by atoms with Crippen LogP contribution in [0.5, 0.6) is 0 Å². The van der Waals surface area contributed by atoms with Crippen LogP contribution < -0.4 is 0 Å². The molecule has 0 bridgehead atoms. The molecule has 0 atom stereocenters. The van der Waals surface area contributed by atoms with Gasteiger partial charge in [0.25, 0.3) is 0 Å². The fourth-order valence-corrected chi connectivity index (χ4v) is 3.25. The Labute approximate surface area is 140 Å². The first-order chi connectivity index (χ1) is 11.7. The van der Waals surface area contributed by atoms with Crippen molar-refractivity contribution in [2.24, 2.45) is 0 Å². The van der Waals surface area contributed by atoms with Gasteiger partial charge in [-0.1, -0.05) is 18.2 Å². The minimum atomic E-state index is -0.453. The zero-order valence-electron chi connectivity index (χ0n) is 13.4. The highest BCUT2D eigenvalue weighted by Gasteiger charge is 2.40. The van der Waals surface area contributed by atoms with Crippen molar-refractivity contribution in [2.75, 3.05) is 26.3 Å². The third-order valence-electron chi connectivity index (χ3n) is 4.60. The highest BCUT2D eigenvalue weighted by atomic mass is 16.7. The molecule has 0 unspecified atom stereocenters. The van der Waals surface area contributed by atoms with E-state index in [9.17, 15) is 4.79 Å². The molecule has 3 heterocycles. The molecule has 2 fully saturated rings. The molecule has 1 spiro atoms. The van der Waals surface area contributed by atoms with E-state index in [0.717, 1.165) is 18.4 Å². The van der Waals surface area contributed by atoms with Crippen LogP contribution in [0.25, 0.3) is 11.5 Å². The van der Waals surface area contributed by atoms with Crippen LogP contribution in [-0.2, 0) is 20.7 Å². The van der Waals surface area contributed by atoms with Crippen LogP contribution >= 0.6 is 0 Å². The first-order valence-corrected chi connectivity index (χ1v) is 8.30. The predicted octanol–water partition coefficient (Wildman–Crippen LogP) is 2.25. The Bertz CT molecular complexity index is 697. The van der Waals surface area contributed by atoms with Crippen molar-refractivity contribution < 1.29 is 18.7 Å². The van der Waals surface area contributed by atoms with Gasteiger partial charge in [-0.2, -0.15) is 0 Å². The van der Waals surface area contributed by atoms with E-state index in [1.807, 2.05) is 35.2 Å². The maximum absolute atomic E-state index is 12.5. The second kappa shape index (κ2) is 6.37. The SMILES string of the molecule is O=C(Cc1coc(-c2ccccc2)n1)N1CCC2(CC1)OCCO2. The number of hydrogen-bond donors (Lipinski definition) is 0. The number of ether oxygens (including phenoxy) is 2. The number of nitrogens with zero attached hydrogens (tertiary/aromatic N) is 2. The van der Waals surface area contributed by atoms with Crippen molar-refractivity contribution >= 4 is 5.91 Å². The molecule has 1 aromatic heterocycles. The van der Waals surface area contributed by atoms with E-state index in [1.54, 1.807) is 6.26 Å². The van der Waals surface area contributed by atoms with Gasteiger partial charge >= 0.3 is 0 Å². The Morgan fingerprint density at radius 1 is 1.12 bits per heavy atom. The third kappa shape index (κ3) is 3.07. The zero-order chi connectivity index (χ0) is 16.4. The predicted molar refractivity (Wildman–Crippen MR) is 86.1 cm³/mol. The smallest absolute Gasteiger partial charge is 0.228 e. The summed E-state index contributed by atoms with van der Waals surface area (Å²) < 4.78 is 16.9. The Morgan fingerprint density at radius 2 is 1.83 bits per heavy atom. The first-order valence-electron chi connectivity index (χ1n) is 8.30. The lowest BCUT2D eigenvalue weighted by Crippen LogP contribution is -2.47. The number of benzene rings is 1. The molecule has 4 rings (SSSR count). The molecule has 0 saturated carbocycles. The topological polar surface area (TPSA) is 64.8 Å². The molecule has 1 aromatic carbocycles. The normalized spacial score (nSPS) is 19.8. The van der Waals surface area contributed by atoms with Crippen LogP contribution in [-0.4, -0.2) is 47.9 Å². The minimum absolute atomic E-state index is 0.0655. The van der Waals surface area contributed by atoms with Gasteiger partial charge in [0.05, 0.1) is 25.3 Å². The fraction of sp³-hybridized carbons (Fsp3) is 0.444. The van der Waals surface area contributed by atoms with Gasteiger partial charge in [-0.05, 0) is 12.1 Å². The van der Waals surface area contributed by atoms with E-state index < -0.39 is 5.79 Å². The molecular weight excluding hydrogens is 308 g/mol. The molecule has 2 aliphatic heterocycles. The summed E-state index contributed by atoms with van der Waals surface area (Å²) in [4.78, 5) is 18.8. The summed E-state index contributed by atoms with van der Waals surface area (Å²) >= 11 is 0. The summed E-state index contributed by atoms with van der Waals surface area (Å²) in [7, 11) is 0. The summed E-state index contributed by atoms with van der Waals surface area (Å²) in [6.07, 6.45) is 3.28. The average molecular weight is 328 g/mol. The summed E-state index contributed by atoms with van der Waals surface area (Å²) in [5.74, 6) is 0.157. The summed E-state index contributed by atoms with van der Waals surface area (Å²) in [6, 6.07) is 9.67. The summed E-state index contributed by atoms with van der Waals surface area (Å²) in [6.45, 7) is 2.61. The maximum Gasteiger partial charge on any atom is 0.228 e. The molecule has 0 N–H and O–H groups in total. The second-order valence-corrected chi connectivity index (χ2v) is 6.18. The Kier molecular flexibility index (Phi) is 4.08. The molecule has 6 nitrogen and oxygen atoms in total. The molecular formula is C18H20N2O4. The molecule has 24 heavy (non-hydrogen) atoms. The second-order valence-electron chi connectivity index (χ2n) is 6.18. The fourth-order valence-electron chi connectivity index (χ4n) is 3.25. The van der Waals surface area contributed by atoms with Crippen LogP contribution in [0.3, 0.4) is 0 Å². The van der Waals surface area contributed by atoms with Crippen molar-refractivity contribution in [3.8, 4) is 11.5 Å².